The van der Waals surface area contributed by atoms with Gasteiger partial charge in [0.25, 0.3) is 5.91 Å². The quantitative estimate of drug-likeness (QED) is 0.649. The van der Waals surface area contributed by atoms with Crippen LogP contribution in [0.15, 0.2) is 54.7 Å². The molecular formula is C22H24N4O3. The highest BCUT2D eigenvalue weighted by Gasteiger charge is 2.18. The molecule has 0 aliphatic rings. The highest BCUT2D eigenvalue weighted by molar-refractivity contribution is 6.04. The number of benzene rings is 2. The molecule has 7 nitrogen and oxygen atoms in total. The molecule has 0 atom stereocenters. The molecule has 0 saturated carbocycles. The molecule has 0 fully saturated rings. The molecule has 0 bridgehead atoms. The Hall–Kier alpha value is -3.61. The fourth-order valence-corrected chi connectivity index (χ4v) is 2.94. The standard InChI is InChI=1S/C22H24N4O3/c1-5-26(16-8-6-7-15(2)13-16)21(27)19-11-12-23-22(25-19)24-18-10-9-17(28-3)14-20(18)29-4/h6-14H,5H2,1-4H3,(H,23,24,25). The Bertz CT molecular complexity index is 1010. The van der Waals surface area contributed by atoms with Crippen molar-refractivity contribution < 1.29 is 14.3 Å². The van der Waals surface area contributed by atoms with Crippen molar-refractivity contribution in [3.63, 3.8) is 0 Å². The number of carbonyl (C=O) groups excluding carboxylic acids is 1. The Morgan fingerprint density at radius 1 is 1.10 bits per heavy atom. The largest absolute Gasteiger partial charge is 0.497 e. The maximum absolute atomic E-state index is 13.1. The highest BCUT2D eigenvalue weighted by atomic mass is 16.5. The van der Waals surface area contributed by atoms with Crippen LogP contribution in [0.25, 0.3) is 0 Å². The van der Waals surface area contributed by atoms with Gasteiger partial charge in [-0.15, -0.1) is 0 Å². The third-order valence-corrected chi connectivity index (χ3v) is 4.40. The van der Waals surface area contributed by atoms with Crippen LogP contribution in [0.1, 0.15) is 23.0 Å². The van der Waals surface area contributed by atoms with Gasteiger partial charge in [-0.2, -0.15) is 0 Å². The Balaban J connectivity index is 1.86. The smallest absolute Gasteiger partial charge is 0.277 e. The van der Waals surface area contributed by atoms with Gasteiger partial charge in [0.05, 0.1) is 19.9 Å². The number of hydrogen-bond donors (Lipinski definition) is 1. The molecule has 29 heavy (non-hydrogen) atoms. The number of nitrogens with zero attached hydrogens (tertiary/aromatic N) is 3. The van der Waals surface area contributed by atoms with Crippen LogP contribution < -0.4 is 19.7 Å². The zero-order chi connectivity index (χ0) is 20.8. The summed E-state index contributed by atoms with van der Waals surface area (Å²) in [5.74, 6) is 1.37. The lowest BCUT2D eigenvalue weighted by Gasteiger charge is -2.21. The van der Waals surface area contributed by atoms with Crippen molar-refractivity contribution in [3.05, 3.63) is 66.0 Å². The van der Waals surface area contributed by atoms with Crippen LogP contribution >= 0.6 is 0 Å². The normalized spacial score (nSPS) is 10.3. The Kier molecular flexibility index (Phi) is 6.29. The summed E-state index contributed by atoms with van der Waals surface area (Å²) in [5, 5.41) is 3.10. The number of hydrogen-bond acceptors (Lipinski definition) is 6. The number of methoxy groups -OCH3 is 2. The van der Waals surface area contributed by atoms with Crippen molar-refractivity contribution in [2.24, 2.45) is 0 Å². The van der Waals surface area contributed by atoms with Gasteiger partial charge in [-0.3, -0.25) is 4.79 Å². The van der Waals surface area contributed by atoms with Crippen molar-refractivity contribution in [1.82, 2.24) is 9.97 Å². The van der Waals surface area contributed by atoms with E-state index in [1.54, 1.807) is 49.6 Å². The molecule has 2 aromatic carbocycles. The maximum atomic E-state index is 13.1. The number of amides is 1. The van der Waals surface area contributed by atoms with E-state index in [2.05, 4.69) is 15.3 Å². The van der Waals surface area contributed by atoms with Crippen molar-refractivity contribution in [2.75, 3.05) is 31.0 Å². The predicted molar refractivity (Wildman–Crippen MR) is 113 cm³/mol. The summed E-state index contributed by atoms with van der Waals surface area (Å²) in [6.45, 7) is 4.46. The molecule has 0 radical (unpaired) electrons. The Morgan fingerprint density at radius 3 is 2.62 bits per heavy atom. The van der Waals surface area contributed by atoms with E-state index < -0.39 is 0 Å². The van der Waals surface area contributed by atoms with Gasteiger partial charge in [-0.25, -0.2) is 9.97 Å². The van der Waals surface area contributed by atoms with Gasteiger partial charge in [-0.1, -0.05) is 12.1 Å². The van der Waals surface area contributed by atoms with Crippen LogP contribution in [0.5, 0.6) is 11.5 Å². The summed E-state index contributed by atoms with van der Waals surface area (Å²) >= 11 is 0. The van der Waals surface area contributed by atoms with Crippen LogP contribution in [0.3, 0.4) is 0 Å². The lowest BCUT2D eigenvalue weighted by atomic mass is 10.2. The first kappa shape index (κ1) is 20.1. The molecule has 1 amide bonds. The third-order valence-electron chi connectivity index (χ3n) is 4.40. The molecule has 0 aliphatic carbocycles. The number of aryl methyl sites for hydroxylation is 1. The number of ether oxygens (including phenoxy) is 2. The zero-order valence-electron chi connectivity index (χ0n) is 17.0. The van der Waals surface area contributed by atoms with E-state index in [1.807, 2.05) is 38.1 Å². The molecule has 0 aliphatic heterocycles. The van der Waals surface area contributed by atoms with Crippen LogP contribution in [0.2, 0.25) is 0 Å². The topological polar surface area (TPSA) is 76.6 Å². The number of carbonyl (C=O) groups is 1. The number of rotatable bonds is 7. The number of nitrogens with one attached hydrogen (secondary N) is 1. The number of aromatic nitrogens is 2. The van der Waals surface area contributed by atoms with Crippen LogP contribution in [-0.2, 0) is 0 Å². The molecular weight excluding hydrogens is 368 g/mol. The Labute approximate surface area is 170 Å². The fraction of sp³-hybridized carbons (Fsp3) is 0.227. The summed E-state index contributed by atoms with van der Waals surface area (Å²) in [6.07, 6.45) is 1.56. The summed E-state index contributed by atoms with van der Waals surface area (Å²) < 4.78 is 10.6. The second-order valence-electron chi connectivity index (χ2n) is 6.35. The van der Waals surface area contributed by atoms with Gasteiger partial charge in [0.1, 0.15) is 17.2 Å². The van der Waals surface area contributed by atoms with E-state index in [9.17, 15) is 4.79 Å². The van der Waals surface area contributed by atoms with Gasteiger partial charge in [0.2, 0.25) is 5.95 Å². The minimum absolute atomic E-state index is 0.190. The fourth-order valence-electron chi connectivity index (χ4n) is 2.94. The lowest BCUT2D eigenvalue weighted by molar-refractivity contribution is 0.0983. The molecule has 3 rings (SSSR count). The summed E-state index contributed by atoms with van der Waals surface area (Å²) in [7, 11) is 3.16. The first-order valence-electron chi connectivity index (χ1n) is 9.26. The van der Waals surface area contributed by atoms with E-state index >= 15 is 0 Å². The summed E-state index contributed by atoms with van der Waals surface area (Å²) in [5.41, 5.74) is 2.90. The minimum Gasteiger partial charge on any atom is -0.497 e. The second-order valence-corrected chi connectivity index (χ2v) is 6.35. The van der Waals surface area contributed by atoms with E-state index in [0.29, 0.717) is 35.4 Å². The first-order chi connectivity index (χ1) is 14.0. The van der Waals surface area contributed by atoms with E-state index in [4.69, 9.17) is 9.47 Å². The monoisotopic (exact) mass is 392 g/mol. The van der Waals surface area contributed by atoms with Crippen molar-refractivity contribution in [1.29, 1.82) is 0 Å². The molecule has 0 unspecified atom stereocenters. The van der Waals surface area contributed by atoms with Gasteiger partial charge in [-0.05, 0) is 49.7 Å². The SMILES string of the molecule is CCN(C(=O)c1ccnc(Nc2ccc(OC)cc2OC)n1)c1cccc(C)c1. The van der Waals surface area contributed by atoms with Crippen LogP contribution in [0.4, 0.5) is 17.3 Å². The maximum Gasteiger partial charge on any atom is 0.277 e. The van der Waals surface area contributed by atoms with Gasteiger partial charge < -0.3 is 19.7 Å². The van der Waals surface area contributed by atoms with Gasteiger partial charge in [0, 0.05) is 24.5 Å². The lowest BCUT2D eigenvalue weighted by Crippen LogP contribution is -2.31. The molecule has 0 saturated heterocycles. The van der Waals surface area contributed by atoms with Gasteiger partial charge >= 0.3 is 0 Å². The average Bonchev–Trinajstić information content (AvgIpc) is 2.74. The van der Waals surface area contributed by atoms with Crippen LogP contribution in [-0.4, -0.2) is 36.6 Å². The minimum atomic E-state index is -0.190. The van der Waals surface area contributed by atoms with Crippen molar-refractivity contribution in [3.8, 4) is 11.5 Å². The van der Waals surface area contributed by atoms with E-state index in [1.165, 1.54) is 0 Å². The van der Waals surface area contributed by atoms with E-state index in [-0.39, 0.29) is 5.91 Å². The molecule has 1 N–H and O–H groups in total. The van der Waals surface area contributed by atoms with Gasteiger partial charge in [0.15, 0.2) is 0 Å². The zero-order valence-corrected chi connectivity index (χ0v) is 17.0. The summed E-state index contributed by atoms with van der Waals surface area (Å²) in [6, 6.07) is 14.8. The molecule has 150 valence electrons. The molecule has 7 heteroatoms. The average molecular weight is 392 g/mol. The predicted octanol–water partition coefficient (Wildman–Crippen LogP) is 4.21. The third kappa shape index (κ3) is 4.63. The molecule has 0 spiro atoms. The van der Waals surface area contributed by atoms with Crippen molar-refractivity contribution >= 4 is 23.2 Å². The second kappa shape index (κ2) is 9.05. The first-order valence-corrected chi connectivity index (χ1v) is 9.26. The van der Waals surface area contributed by atoms with Crippen molar-refractivity contribution in [2.45, 2.75) is 13.8 Å². The van der Waals surface area contributed by atoms with Crippen LogP contribution in [0, 0.1) is 6.92 Å². The molecule has 3 aromatic rings. The number of anilines is 3. The summed E-state index contributed by atoms with van der Waals surface area (Å²) in [4.78, 5) is 23.4. The highest BCUT2D eigenvalue weighted by Crippen LogP contribution is 2.30. The molecule has 1 aromatic heterocycles. The molecule has 1 heterocycles. The van der Waals surface area contributed by atoms with E-state index in [0.717, 1.165) is 11.3 Å². The Morgan fingerprint density at radius 2 is 1.93 bits per heavy atom.